The summed E-state index contributed by atoms with van der Waals surface area (Å²) in [5, 5.41) is 6.18. The van der Waals surface area contributed by atoms with Crippen LogP contribution in [0.5, 0.6) is 5.75 Å². The molecule has 0 saturated heterocycles. The smallest absolute Gasteiger partial charge is 0.226 e. The van der Waals surface area contributed by atoms with Gasteiger partial charge in [-0.25, -0.2) is 13.8 Å². The molecule has 3 rings (SSSR count). The SMILES string of the molecule is CN=C(NCCOc1ccc(F)c(F)c1)NCc1coc(-c2ccccc2)n1. The third kappa shape index (κ3) is 5.29. The van der Waals surface area contributed by atoms with Crippen molar-refractivity contribution in [3.63, 3.8) is 0 Å². The van der Waals surface area contributed by atoms with E-state index < -0.39 is 11.6 Å². The molecule has 0 unspecified atom stereocenters. The van der Waals surface area contributed by atoms with Gasteiger partial charge in [0.05, 0.1) is 18.8 Å². The number of rotatable bonds is 7. The molecule has 0 aliphatic heterocycles. The first-order valence-corrected chi connectivity index (χ1v) is 8.68. The summed E-state index contributed by atoms with van der Waals surface area (Å²) >= 11 is 0. The highest BCUT2D eigenvalue weighted by molar-refractivity contribution is 5.79. The summed E-state index contributed by atoms with van der Waals surface area (Å²) < 4.78 is 36.9. The molecule has 0 saturated carbocycles. The van der Waals surface area contributed by atoms with E-state index in [4.69, 9.17) is 9.15 Å². The first-order valence-electron chi connectivity index (χ1n) is 8.68. The maximum absolute atomic E-state index is 13.1. The van der Waals surface area contributed by atoms with E-state index in [2.05, 4.69) is 20.6 Å². The minimum Gasteiger partial charge on any atom is -0.492 e. The Morgan fingerprint density at radius 2 is 1.93 bits per heavy atom. The molecule has 28 heavy (non-hydrogen) atoms. The van der Waals surface area contributed by atoms with Crippen LogP contribution in [0.2, 0.25) is 0 Å². The fraction of sp³-hybridized carbons (Fsp3) is 0.200. The molecule has 0 bridgehead atoms. The van der Waals surface area contributed by atoms with Crippen LogP contribution in [0.15, 0.2) is 64.2 Å². The van der Waals surface area contributed by atoms with Crippen molar-refractivity contribution in [2.75, 3.05) is 20.2 Å². The van der Waals surface area contributed by atoms with Crippen LogP contribution >= 0.6 is 0 Å². The molecule has 0 radical (unpaired) electrons. The molecule has 1 aromatic heterocycles. The van der Waals surface area contributed by atoms with Crippen LogP contribution < -0.4 is 15.4 Å². The van der Waals surface area contributed by atoms with Crippen molar-refractivity contribution in [2.45, 2.75) is 6.54 Å². The number of hydrogen-bond acceptors (Lipinski definition) is 4. The predicted octanol–water partition coefficient (Wildman–Crippen LogP) is 3.36. The molecule has 8 heteroatoms. The number of aliphatic imine (C=N–C) groups is 1. The van der Waals surface area contributed by atoms with E-state index >= 15 is 0 Å². The number of oxazole rings is 1. The molecule has 0 spiro atoms. The molecular weight excluding hydrogens is 366 g/mol. The third-order valence-corrected chi connectivity index (χ3v) is 3.79. The zero-order valence-corrected chi connectivity index (χ0v) is 15.3. The lowest BCUT2D eigenvalue weighted by Crippen LogP contribution is -2.38. The van der Waals surface area contributed by atoms with Crippen molar-refractivity contribution in [1.82, 2.24) is 15.6 Å². The lowest BCUT2D eigenvalue weighted by molar-refractivity contribution is 0.318. The Labute approximate surface area is 161 Å². The minimum atomic E-state index is -0.939. The first-order chi connectivity index (χ1) is 13.7. The lowest BCUT2D eigenvalue weighted by Gasteiger charge is -2.11. The second-order valence-corrected chi connectivity index (χ2v) is 5.79. The molecule has 2 aromatic carbocycles. The van der Waals surface area contributed by atoms with Gasteiger partial charge >= 0.3 is 0 Å². The van der Waals surface area contributed by atoms with Crippen LogP contribution in [0, 0.1) is 11.6 Å². The summed E-state index contributed by atoms with van der Waals surface area (Å²) in [6.45, 7) is 1.11. The van der Waals surface area contributed by atoms with Crippen molar-refractivity contribution in [2.24, 2.45) is 4.99 Å². The summed E-state index contributed by atoms with van der Waals surface area (Å²) in [5.41, 5.74) is 1.64. The summed E-state index contributed by atoms with van der Waals surface area (Å²) in [7, 11) is 1.64. The molecule has 0 atom stereocenters. The number of ether oxygens (including phenoxy) is 1. The number of halogens is 2. The van der Waals surface area contributed by atoms with Gasteiger partial charge in [0, 0.05) is 18.7 Å². The van der Waals surface area contributed by atoms with Crippen LogP contribution in [-0.4, -0.2) is 31.1 Å². The molecule has 6 nitrogen and oxygen atoms in total. The van der Waals surface area contributed by atoms with Gasteiger partial charge in [0.2, 0.25) is 5.89 Å². The third-order valence-electron chi connectivity index (χ3n) is 3.79. The zero-order chi connectivity index (χ0) is 19.8. The summed E-state index contributed by atoms with van der Waals surface area (Å²) in [6.07, 6.45) is 1.59. The molecule has 3 aromatic rings. The van der Waals surface area contributed by atoms with E-state index in [1.807, 2.05) is 30.3 Å². The van der Waals surface area contributed by atoms with Crippen molar-refractivity contribution >= 4 is 5.96 Å². The molecule has 0 fully saturated rings. The standard InChI is InChI=1S/C20H20F2N4O2/c1-23-20(24-9-10-27-16-7-8-17(21)18(22)11-16)25-12-15-13-28-19(26-15)14-5-3-2-4-6-14/h2-8,11,13H,9-10,12H2,1H3,(H2,23,24,25). The normalized spacial score (nSPS) is 11.3. The fourth-order valence-electron chi connectivity index (χ4n) is 2.40. The lowest BCUT2D eigenvalue weighted by atomic mass is 10.2. The van der Waals surface area contributed by atoms with Crippen LogP contribution in [0.1, 0.15) is 5.69 Å². The molecule has 1 heterocycles. The Bertz CT molecular complexity index is 929. The molecule has 0 aliphatic carbocycles. The van der Waals surface area contributed by atoms with Crippen LogP contribution in [0.3, 0.4) is 0 Å². The van der Waals surface area contributed by atoms with Crippen molar-refractivity contribution in [3.8, 4) is 17.2 Å². The number of nitrogens with one attached hydrogen (secondary N) is 2. The van der Waals surface area contributed by atoms with Gasteiger partial charge < -0.3 is 19.8 Å². The van der Waals surface area contributed by atoms with Gasteiger partial charge in [-0.3, -0.25) is 4.99 Å². The Morgan fingerprint density at radius 1 is 1.11 bits per heavy atom. The molecule has 0 aliphatic rings. The van der Waals surface area contributed by atoms with Gasteiger partial charge in [-0.2, -0.15) is 0 Å². The monoisotopic (exact) mass is 386 g/mol. The van der Waals surface area contributed by atoms with E-state index in [1.54, 1.807) is 13.3 Å². The topological polar surface area (TPSA) is 71.7 Å². The second-order valence-electron chi connectivity index (χ2n) is 5.79. The average Bonchev–Trinajstić information content (AvgIpc) is 3.20. The van der Waals surface area contributed by atoms with E-state index in [0.717, 1.165) is 23.4 Å². The van der Waals surface area contributed by atoms with Gasteiger partial charge in [-0.15, -0.1) is 0 Å². The fourth-order valence-corrected chi connectivity index (χ4v) is 2.40. The average molecular weight is 386 g/mol. The predicted molar refractivity (Wildman–Crippen MR) is 102 cm³/mol. The minimum absolute atomic E-state index is 0.258. The van der Waals surface area contributed by atoms with E-state index in [9.17, 15) is 8.78 Å². The maximum Gasteiger partial charge on any atom is 0.226 e. The highest BCUT2D eigenvalue weighted by Gasteiger charge is 2.07. The van der Waals surface area contributed by atoms with Crippen molar-refractivity contribution in [3.05, 3.63) is 72.1 Å². The summed E-state index contributed by atoms with van der Waals surface area (Å²) in [4.78, 5) is 8.54. The number of benzene rings is 2. The molecule has 146 valence electrons. The number of hydrogen-bond donors (Lipinski definition) is 2. The van der Waals surface area contributed by atoms with Gasteiger partial charge in [0.25, 0.3) is 0 Å². The largest absolute Gasteiger partial charge is 0.492 e. The van der Waals surface area contributed by atoms with E-state index in [1.165, 1.54) is 6.07 Å². The van der Waals surface area contributed by atoms with Gasteiger partial charge in [0.1, 0.15) is 18.6 Å². The molecule has 2 N–H and O–H groups in total. The van der Waals surface area contributed by atoms with Crippen molar-refractivity contribution < 1.29 is 17.9 Å². The Morgan fingerprint density at radius 3 is 2.68 bits per heavy atom. The summed E-state index contributed by atoms with van der Waals surface area (Å²) in [6, 6.07) is 13.0. The first kappa shape index (κ1) is 19.3. The van der Waals surface area contributed by atoms with Gasteiger partial charge in [-0.05, 0) is 24.3 Å². The highest BCUT2D eigenvalue weighted by Crippen LogP contribution is 2.17. The number of aromatic nitrogens is 1. The summed E-state index contributed by atoms with van der Waals surface area (Å²) in [5.74, 6) is -0.470. The highest BCUT2D eigenvalue weighted by atomic mass is 19.2. The molecule has 0 amide bonds. The number of nitrogens with zero attached hydrogens (tertiary/aromatic N) is 2. The Hall–Kier alpha value is -3.42. The number of guanidine groups is 1. The zero-order valence-electron chi connectivity index (χ0n) is 15.3. The second kappa shape index (κ2) is 9.50. The van der Waals surface area contributed by atoms with E-state index in [-0.39, 0.29) is 12.4 Å². The van der Waals surface area contributed by atoms with Gasteiger partial charge in [-0.1, -0.05) is 18.2 Å². The quantitative estimate of drug-likeness (QED) is 0.370. The van der Waals surface area contributed by atoms with E-state index in [0.29, 0.717) is 24.9 Å². The van der Waals surface area contributed by atoms with Crippen molar-refractivity contribution in [1.29, 1.82) is 0 Å². The Kier molecular flexibility index (Phi) is 6.56. The molecular formula is C20H20F2N4O2. The Balaban J connectivity index is 1.42. The van der Waals surface area contributed by atoms with Crippen LogP contribution in [0.25, 0.3) is 11.5 Å². The van der Waals surface area contributed by atoms with Crippen LogP contribution in [-0.2, 0) is 6.54 Å². The van der Waals surface area contributed by atoms with Crippen LogP contribution in [0.4, 0.5) is 8.78 Å². The van der Waals surface area contributed by atoms with Gasteiger partial charge in [0.15, 0.2) is 17.6 Å². The maximum atomic E-state index is 13.1.